The van der Waals surface area contributed by atoms with Gasteiger partial charge in [-0.1, -0.05) is 6.07 Å². The number of esters is 1. The summed E-state index contributed by atoms with van der Waals surface area (Å²) in [6.07, 6.45) is 1.70. The standard InChI is InChI=1S/C19H22N4O6/c1-19(12-6-7-12)17(27)23(18(28)22-19)9-15(25)29-10-14(24)21-13-5-3-4-11(8-13)16(26)20-2/h3-5,8,12H,6-7,9-10H2,1-2H3,(H,20,26)(H,21,24)(H,22,28)/t19-/m1/s1. The molecule has 29 heavy (non-hydrogen) atoms. The lowest BCUT2D eigenvalue weighted by Crippen LogP contribution is -2.46. The number of imide groups is 1. The van der Waals surface area contributed by atoms with Crippen LogP contribution in [-0.4, -0.2) is 60.4 Å². The Kier molecular flexibility index (Phi) is 5.53. The second kappa shape index (κ2) is 7.90. The van der Waals surface area contributed by atoms with Crippen LogP contribution in [0.5, 0.6) is 0 Å². The SMILES string of the molecule is CNC(=O)c1cccc(NC(=O)COC(=O)CN2C(=O)N[C@](C)(C3CC3)C2=O)c1. The van der Waals surface area contributed by atoms with Gasteiger partial charge in [0.25, 0.3) is 17.7 Å². The van der Waals surface area contributed by atoms with E-state index in [1.165, 1.54) is 13.1 Å². The second-order valence-corrected chi connectivity index (χ2v) is 7.17. The van der Waals surface area contributed by atoms with E-state index >= 15 is 0 Å². The fourth-order valence-corrected chi connectivity index (χ4v) is 3.20. The van der Waals surface area contributed by atoms with Crippen molar-refractivity contribution in [1.82, 2.24) is 15.5 Å². The molecule has 10 nitrogen and oxygen atoms in total. The third-order valence-electron chi connectivity index (χ3n) is 4.98. The topological polar surface area (TPSA) is 134 Å². The maximum atomic E-state index is 12.5. The Hall–Kier alpha value is -3.43. The lowest BCUT2D eigenvalue weighted by molar-refractivity contribution is -0.150. The Morgan fingerprint density at radius 3 is 2.66 bits per heavy atom. The molecule has 0 spiro atoms. The van der Waals surface area contributed by atoms with Crippen molar-refractivity contribution < 1.29 is 28.7 Å². The normalized spacial score (nSPS) is 20.8. The van der Waals surface area contributed by atoms with E-state index in [9.17, 15) is 24.0 Å². The molecule has 0 radical (unpaired) electrons. The van der Waals surface area contributed by atoms with Gasteiger partial charge in [-0.3, -0.25) is 24.1 Å². The molecule has 2 fully saturated rings. The van der Waals surface area contributed by atoms with Crippen molar-refractivity contribution in [3.63, 3.8) is 0 Å². The number of anilines is 1. The van der Waals surface area contributed by atoms with E-state index in [4.69, 9.17) is 4.74 Å². The van der Waals surface area contributed by atoms with E-state index in [0.29, 0.717) is 11.3 Å². The van der Waals surface area contributed by atoms with Crippen molar-refractivity contribution in [2.24, 2.45) is 5.92 Å². The van der Waals surface area contributed by atoms with Crippen molar-refractivity contribution in [2.45, 2.75) is 25.3 Å². The quantitative estimate of drug-likeness (QED) is 0.442. The monoisotopic (exact) mass is 402 g/mol. The van der Waals surface area contributed by atoms with Crippen LogP contribution in [0.2, 0.25) is 0 Å². The lowest BCUT2D eigenvalue weighted by atomic mass is 9.96. The molecule has 1 aliphatic heterocycles. The van der Waals surface area contributed by atoms with Crippen molar-refractivity contribution in [1.29, 1.82) is 0 Å². The van der Waals surface area contributed by atoms with Gasteiger partial charge in [0.1, 0.15) is 12.1 Å². The predicted octanol–water partition coefficient (Wildman–Crippen LogP) is 0.248. The molecule has 1 heterocycles. The molecule has 1 aromatic carbocycles. The fraction of sp³-hybridized carbons (Fsp3) is 0.421. The van der Waals surface area contributed by atoms with Crippen molar-refractivity contribution in [3.05, 3.63) is 29.8 Å². The zero-order valence-corrected chi connectivity index (χ0v) is 16.1. The van der Waals surface area contributed by atoms with Gasteiger partial charge in [-0.05, 0) is 43.9 Å². The Balaban J connectivity index is 1.49. The number of nitrogens with zero attached hydrogens (tertiary/aromatic N) is 1. The number of carbonyl (C=O) groups is 5. The second-order valence-electron chi connectivity index (χ2n) is 7.17. The summed E-state index contributed by atoms with van der Waals surface area (Å²) in [5, 5.41) is 7.61. The van der Waals surface area contributed by atoms with Crippen LogP contribution in [0.3, 0.4) is 0 Å². The molecular formula is C19H22N4O6. The number of amides is 5. The number of hydrogen-bond acceptors (Lipinski definition) is 6. The minimum Gasteiger partial charge on any atom is -0.454 e. The molecule has 0 aromatic heterocycles. The molecule has 1 saturated heterocycles. The van der Waals surface area contributed by atoms with Gasteiger partial charge < -0.3 is 20.7 Å². The molecule has 1 atom stereocenters. The van der Waals surface area contributed by atoms with E-state index in [1.54, 1.807) is 25.1 Å². The molecule has 3 rings (SSSR count). The van der Waals surface area contributed by atoms with Crippen molar-refractivity contribution in [2.75, 3.05) is 25.5 Å². The van der Waals surface area contributed by atoms with Crippen LogP contribution in [0.1, 0.15) is 30.1 Å². The highest BCUT2D eigenvalue weighted by molar-refractivity contribution is 6.09. The first kappa shape index (κ1) is 20.3. The molecule has 2 aliphatic rings. The maximum Gasteiger partial charge on any atom is 0.326 e. The highest BCUT2D eigenvalue weighted by atomic mass is 16.5. The minimum absolute atomic E-state index is 0.0799. The van der Waals surface area contributed by atoms with Crippen LogP contribution in [0.15, 0.2) is 24.3 Å². The van der Waals surface area contributed by atoms with Gasteiger partial charge in [-0.25, -0.2) is 4.79 Å². The average molecular weight is 402 g/mol. The number of benzene rings is 1. The Morgan fingerprint density at radius 2 is 2.00 bits per heavy atom. The highest BCUT2D eigenvalue weighted by Crippen LogP contribution is 2.42. The smallest absolute Gasteiger partial charge is 0.326 e. The number of hydrogen-bond donors (Lipinski definition) is 3. The summed E-state index contributed by atoms with van der Waals surface area (Å²) in [5.41, 5.74) is -0.258. The van der Waals surface area contributed by atoms with Crippen LogP contribution in [0.25, 0.3) is 0 Å². The first-order valence-electron chi connectivity index (χ1n) is 9.16. The van der Waals surface area contributed by atoms with Crippen LogP contribution in [-0.2, 0) is 19.1 Å². The summed E-state index contributed by atoms with van der Waals surface area (Å²) in [5.74, 6) is -2.18. The van der Waals surface area contributed by atoms with E-state index in [0.717, 1.165) is 17.7 Å². The molecule has 5 amide bonds. The summed E-state index contributed by atoms with van der Waals surface area (Å²) in [4.78, 5) is 60.9. The predicted molar refractivity (Wildman–Crippen MR) is 101 cm³/mol. The summed E-state index contributed by atoms with van der Waals surface area (Å²) in [7, 11) is 1.49. The van der Waals surface area contributed by atoms with Crippen LogP contribution in [0, 0.1) is 5.92 Å². The largest absolute Gasteiger partial charge is 0.454 e. The molecule has 1 aliphatic carbocycles. The van der Waals surface area contributed by atoms with Crippen LogP contribution >= 0.6 is 0 Å². The third kappa shape index (κ3) is 4.36. The molecule has 154 valence electrons. The van der Waals surface area contributed by atoms with Crippen LogP contribution < -0.4 is 16.0 Å². The van der Waals surface area contributed by atoms with Gasteiger partial charge in [0.15, 0.2) is 6.61 Å². The first-order valence-corrected chi connectivity index (χ1v) is 9.16. The summed E-state index contributed by atoms with van der Waals surface area (Å²) < 4.78 is 4.87. The Labute approximate surface area is 166 Å². The molecular weight excluding hydrogens is 380 g/mol. The zero-order chi connectivity index (χ0) is 21.2. The summed E-state index contributed by atoms with van der Waals surface area (Å²) >= 11 is 0. The van der Waals surface area contributed by atoms with E-state index in [-0.39, 0.29) is 11.8 Å². The van der Waals surface area contributed by atoms with Gasteiger partial charge >= 0.3 is 12.0 Å². The first-order chi connectivity index (χ1) is 13.7. The van der Waals surface area contributed by atoms with Crippen LogP contribution in [0.4, 0.5) is 10.5 Å². The van der Waals surface area contributed by atoms with Crippen molar-refractivity contribution >= 4 is 35.4 Å². The van der Waals surface area contributed by atoms with Crippen molar-refractivity contribution in [3.8, 4) is 0 Å². The highest BCUT2D eigenvalue weighted by Gasteiger charge is 2.56. The van der Waals surface area contributed by atoms with Gasteiger partial charge in [0.2, 0.25) is 0 Å². The third-order valence-corrected chi connectivity index (χ3v) is 4.98. The maximum absolute atomic E-state index is 12.5. The Morgan fingerprint density at radius 1 is 1.28 bits per heavy atom. The van der Waals surface area contributed by atoms with E-state index in [1.807, 2.05) is 0 Å². The fourth-order valence-electron chi connectivity index (χ4n) is 3.20. The zero-order valence-electron chi connectivity index (χ0n) is 16.1. The van der Waals surface area contributed by atoms with Gasteiger partial charge in [0.05, 0.1) is 0 Å². The number of ether oxygens (including phenoxy) is 1. The number of urea groups is 1. The Bertz CT molecular complexity index is 881. The lowest BCUT2D eigenvalue weighted by Gasteiger charge is -2.20. The van der Waals surface area contributed by atoms with E-state index < -0.39 is 42.5 Å². The number of nitrogens with one attached hydrogen (secondary N) is 3. The summed E-state index contributed by atoms with van der Waals surface area (Å²) in [6.45, 7) is 0.496. The molecule has 1 saturated carbocycles. The van der Waals surface area contributed by atoms with E-state index in [2.05, 4.69) is 16.0 Å². The molecule has 10 heteroatoms. The molecule has 3 N–H and O–H groups in total. The molecule has 1 aromatic rings. The average Bonchev–Trinajstić information content (AvgIpc) is 3.52. The number of rotatable bonds is 7. The minimum atomic E-state index is -0.982. The summed E-state index contributed by atoms with van der Waals surface area (Å²) in [6, 6.07) is 5.60. The number of carbonyl (C=O) groups excluding carboxylic acids is 5. The van der Waals surface area contributed by atoms with Gasteiger partial charge in [-0.2, -0.15) is 0 Å². The molecule has 0 unspecified atom stereocenters. The molecule has 0 bridgehead atoms. The van der Waals surface area contributed by atoms with Gasteiger partial charge in [0, 0.05) is 18.3 Å². The van der Waals surface area contributed by atoms with Gasteiger partial charge in [-0.15, -0.1) is 0 Å².